The van der Waals surface area contributed by atoms with Crippen LogP contribution in [0.25, 0.3) is 22.3 Å². The quantitative estimate of drug-likeness (QED) is 0.596. The van der Waals surface area contributed by atoms with Gasteiger partial charge in [-0.3, -0.25) is 9.97 Å². The molecule has 1 aromatic carbocycles. The fourth-order valence-corrected chi connectivity index (χ4v) is 2.72. The Balaban J connectivity index is 1.46. The maximum Gasteiger partial charge on any atom is 0.129 e. The molecule has 3 heterocycles. The number of anilines is 1. The molecule has 4 rings (SSSR count). The zero-order valence-corrected chi connectivity index (χ0v) is 14.3. The number of nitrogens with one attached hydrogen (secondary N) is 1. The van der Waals surface area contributed by atoms with Crippen molar-refractivity contribution in [1.29, 1.82) is 0 Å². The number of fused-ring (bicyclic) bond motifs is 1. The molecule has 0 aliphatic heterocycles. The minimum Gasteiger partial charge on any atom is -0.370 e. The van der Waals surface area contributed by atoms with Gasteiger partial charge in [0.25, 0.3) is 0 Å². The Hall–Kier alpha value is -3.48. The molecule has 26 heavy (non-hydrogen) atoms. The molecule has 3 aromatic heterocycles. The molecule has 7 heteroatoms. The first kappa shape index (κ1) is 16.0. The number of benzene rings is 1. The summed E-state index contributed by atoms with van der Waals surface area (Å²) in [5.41, 5.74) is 4.67. The highest BCUT2D eigenvalue weighted by molar-refractivity contribution is 5.77. The van der Waals surface area contributed by atoms with Gasteiger partial charge in [0.2, 0.25) is 0 Å². The lowest BCUT2D eigenvalue weighted by molar-refractivity contribution is 1.00. The smallest absolute Gasteiger partial charge is 0.129 e. The van der Waals surface area contributed by atoms with Crippen molar-refractivity contribution in [2.45, 2.75) is 13.3 Å². The molecular formula is C19H17N7. The number of nitrogens with zero attached hydrogens (tertiary/aromatic N) is 6. The molecule has 4 aromatic rings. The molecule has 0 aliphatic carbocycles. The molecule has 0 radical (unpaired) electrons. The van der Waals surface area contributed by atoms with E-state index in [9.17, 15) is 0 Å². The summed E-state index contributed by atoms with van der Waals surface area (Å²) in [6, 6.07) is 7.96. The first-order chi connectivity index (χ1) is 12.8. The van der Waals surface area contributed by atoms with Gasteiger partial charge in [-0.05, 0) is 25.0 Å². The Bertz CT molecular complexity index is 1030. The van der Waals surface area contributed by atoms with Gasteiger partial charge < -0.3 is 5.32 Å². The van der Waals surface area contributed by atoms with Gasteiger partial charge in [0.05, 0.1) is 16.7 Å². The van der Waals surface area contributed by atoms with Gasteiger partial charge in [0.15, 0.2) is 0 Å². The average Bonchev–Trinajstić information content (AvgIpc) is 2.69. The van der Waals surface area contributed by atoms with Gasteiger partial charge in [0, 0.05) is 43.0 Å². The van der Waals surface area contributed by atoms with Crippen molar-refractivity contribution >= 4 is 16.9 Å². The summed E-state index contributed by atoms with van der Waals surface area (Å²) < 4.78 is 0. The third kappa shape index (κ3) is 3.46. The van der Waals surface area contributed by atoms with E-state index < -0.39 is 0 Å². The predicted molar refractivity (Wildman–Crippen MR) is 99.5 cm³/mol. The summed E-state index contributed by atoms with van der Waals surface area (Å²) in [7, 11) is 0. The molecule has 0 atom stereocenters. The first-order valence-corrected chi connectivity index (χ1v) is 8.33. The monoisotopic (exact) mass is 343 g/mol. The van der Waals surface area contributed by atoms with E-state index in [1.165, 1.54) is 0 Å². The van der Waals surface area contributed by atoms with Crippen LogP contribution in [0, 0.1) is 6.92 Å². The molecule has 0 bridgehead atoms. The van der Waals surface area contributed by atoms with E-state index >= 15 is 0 Å². The van der Waals surface area contributed by atoms with Crippen LogP contribution < -0.4 is 5.32 Å². The van der Waals surface area contributed by atoms with Gasteiger partial charge >= 0.3 is 0 Å². The Morgan fingerprint density at radius 3 is 2.65 bits per heavy atom. The van der Waals surface area contributed by atoms with Crippen LogP contribution in [-0.2, 0) is 6.42 Å². The summed E-state index contributed by atoms with van der Waals surface area (Å²) in [6.07, 6.45) is 9.33. The van der Waals surface area contributed by atoms with Gasteiger partial charge in [-0.15, -0.1) is 0 Å². The van der Waals surface area contributed by atoms with Crippen molar-refractivity contribution in [3.05, 3.63) is 66.8 Å². The molecule has 0 saturated heterocycles. The van der Waals surface area contributed by atoms with Gasteiger partial charge in [-0.25, -0.2) is 19.9 Å². The molecule has 0 spiro atoms. The van der Waals surface area contributed by atoms with Crippen LogP contribution in [0.4, 0.5) is 5.82 Å². The number of hydrogen-bond donors (Lipinski definition) is 1. The Morgan fingerprint density at radius 1 is 0.923 bits per heavy atom. The van der Waals surface area contributed by atoms with Gasteiger partial charge in [-0.1, -0.05) is 12.1 Å². The predicted octanol–water partition coefficient (Wildman–Crippen LogP) is 2.84. The summed E-state index contributed by atoms with van der Waals surface area (Å²) in [5.74, 6) is 1.50. The third-order valence-electron chi connectivity index (χ3n) is 4.03. The highest BCUT2D eigenvalue weighted by Gasteiger charge is 2.05. The number of rotatable bonds is 5. The van der Waals surface area contributed by atoms with Gasteiger partial charge in [0.1, 0.15) is 18.0 Å². The van der Waals surface area contributed by atoms with Crippen LogP contribution in [0.15, 0.2) is 55.4 Å². The average molecular weight is 343 g/mol. The molecule has 7 nitrogen and oxygen atoms in total. The molecule has 0 aliphatic rings. The lowest BCUT2D eigenvalue weighted by atomic mass is 10.1. The van der Waals surface area contributed by atoms with E-state index in [0.29, 0.717) is 0 Å². The van der Waals surface area contributed by atoms with Crippen molar-refractivity contribution < 1.29 is 0 Å². The molecule has 0 unspecified atom stereocenters. The van der Waals surface area contributed by atoms with E-state index in [0.717, 1.165) is 52.5 Å². The van der Waals surface area contributed by atoms with Crippen molar-refractivity contribution in [3.63, 3.8) is 0 Å². The lowest BCUT2D eigenvalue weighted by Gasteiger charge is -2.08. The number of aromatic nitrogens is 6. The highest BCUT2D eigenvalue weighted by atomic mass is 15.0. The first-order valence-electron chi connectivity index (χ1n) is 8.33. The number of para-hydroxylation sites is 1. The Kier molecular flexibility index (Phi) is 4.42. The van der Waals surface area contributed by atoms with Crippen LogP contribution in [0.1, 0.15) is 11.4 Å². The molecular weight excluding hydrogens is 326 g/mol. The van der Waals surface area contributed by atoms with Crippen molar-refractivity contribution in [1.82, 2.24) is 29.9 Å². The zero-order chi connectivity index (χ0) is 17.8. The second-order valence-corrected chi connectivity index (χ2v) is 5.83. The molecule has 0 amide bonds. The van der Waals surface area contributed by atoms with Crippen molar-refractivity contribution in [2.75, 3.05) is 11.9 Å². The zero-order valence-electron chi connectivity index (χ0n) is 14.3. The van der Waals surface area contributed by atoms with E-state index in [-0.39, 0.29) is 0 Å². The Labute approximate surface area is 150 Å². The van der Waals surface area contributed by atoms with E-state index in [2.05, 4.69) is 41.3 Å². The molecule has 0 fully saturated rings. The Morgan fingerprint density at radius 2 is 1.77 bits per heavy atom. The highest BCUT2D eigenvalue weighted by Crippen LogP contribution is 2.18. The second kappa shape index (κ2) is 7.18. The van der Waals surface area contributed by atoms with Crippen LogP contribution in [-0.4, -0.2) is 36.4 Å². The van der Waals surface area contributed by atoms with E-state index in [1.807, 2.05) is 25.1 Å². The summed E-state index contributed by atoms with van der Waals surface area (Å²) >= 11 is 0. The third-order valence-corrected chi connectivity index (χ3v) is 4.03. The molecule has 0 saturated carbocycles. The summed E-state index contributed by atoms with van der Waals surface area (Å²) in [4.78, 5) is 25.8. The minimum atomic E-state index is 0.733. The van der Waals surface area contributed by atoms with E-state index in [4.69, 9.17) is 0 Å². The molecule has 128 valence electrons. The van der Waals surface area contributed by atoms with Crippen LogP contribution in [0.2, 0.25) is 0 Å². The summed E-state index contributed by atoms with van der Waals surface area (Å²) in [5, 5.41) is 3.34. The SMILES string of the molecule is Cc1ncc(-c2cc(NCCc3cccc4nccnc34)ncn2)cn1. The van der Waals surface area contributed by atoms with Crippen LogP contribution >= 0.6 is 0 Å². The largest absolute Gasteiger partial charge is 0.370 e. The van der Waals surface area contributed by atoms with Crippen LogP contribution in [0.5, 0.6) is 0 Å². The van der Waals surface area contributed by atoms with Crippen molar-refractivity contribution in [2.24, 2.45) is 0 Å². The topological polar surface area (TPSA) is 89.4 Å². The summed E-state index contributed by atoms with van der Waals surface area (Å²) in [6.45, 7) is 2.59. The maximum atomic E-state index is 4.44. The van der Waals surface area contributed by atoms with Crippen molar-refractivity contribution in [3.8, 4) is 11.3 Å². The van der Waals surface area contributed by atoms with E-state index in [1.54, 1.807) is 31.1 Å². The van der Waals surface area contributed by atoms with Gasteiger partial charge in [-0.2, -0.15) is 0 Å². The van der Waals surface area contributed by atoms with Crippen LogP contribution in [0.3, 0.4) is 0 Å². The molecule has 1 N–H and O–H groups in total. The normalized spacial score (nSPS) is 10.8. The minimum absolute atomic E-state index is 0.733. The fourth-order valence-electron chi connectivity index (χ4n) is 2.72. The second-order valence-electron chi connectivity index (χ2n) is 5.83. The number of hydrogen-bond acceptors (Lipinski definition) is 7. The standard InChI is InChI=1S/C19H17N7/c1-13-23-10-15(11-24-13)17-9-18(26-12-25-17)21-6-5-14-3-2-4-16-19(14)22-8-7-20-16/h2-4,7-12H,5-6H2,1H3,(H,21,25,26). The fraction of sp³-hybridized carbons (Fsp3) is 0.158. The maximum absolute atomic E-state index is 4.44. The number of aryl methyl sites for hydroxylation is 1. The lowest BCUT2D eigenvalue weighted by Crippen LogP contribution is -2.07.